The van der Waals surface area contributed by atoms with Crippen LogP contribution in [0.25, 0.3) is 0 Å². The third kappa shape index (κ3) is 3.22. The largest absolute Gasteiger partial charge is 0.370 e. The van der Waals surface area contributed by atoms with E-state index >= 15 is 0 Å². The van der Waals surface area contributed by atoms with Crippen molar-refractivity contribution in [3.63, 3.8) is 0 Å². The van der Waals surface area contributed by atoms with Gasteiger partial charge in [0.1, 0.15) is 17.5 Å². The average molecular weight is 274 g/mol. The number of rotatable bonds is 8. The number of nitrogens with one attached hydrogen (secondary N) is 1. The molecule has 2 aliphatic carbocycles. The lowest BCUT2D eigenvalue weighted by atomic mass is 10.3. The highest BCUT2D eigenvalue weighted by Crippen LogP contribution is 2.40. The highest BCUT2D eigenvalue weighted by Gasteiger charge is 2.32. The first-order chi connectivity index (χ1) is 9.81. The van der Waals surface area contributed by atoms with Crippen molar-refractivity contribution in [2.24, 2.45) is 0 Å². The summed E-state index contributed by atoms with van der Waals surface area (Å²) in [5.41, 5.74) is 0. The molecular weight excluding hydrogens is 248 g/mol. The maximum Gasteiger partial charge on any atom is 0.136 e. The van der Waals surface area contributed by atoms with E-state index in [1.165, 1.54) is 38.5 Å². The van der Waals surface area contributed by atoms with Crippen LogP contribution in [0.1, 0.15) is 64.1 Å². The Morgan fingerprint density at radius 2 is 2.00 bits per heavy atom. The zero-order valence-electron chi connectivity index (χ0n) is 12.7. The molecule has 0 atom stereocenters. The summed E-state index contributed by atoms with van der Waals surface area (Å²) in [4.78, 5) is 12.1. The summed E-state index contributed by atoms with van der Waals surface area (Å²) in [6.07, 6.45) is 7.65. The number of hydrogen-bond donors (Lipinski definition) is 1. The van der Waals surface area contributed by atoms with Crippen LogP contribution < -0.4 is 10.2 Å². The molecule has 0 unspecified atom stereocenters. The number of unbranched alkanes of at least 4 members (excludes halogenated alkanes) is 1. The van der Waals surface area contributed by atoms with Crippen molar-refractivity contribution in [3.8, 4) is 0 Å². The normalized spacial score (nSPS) is 18.1. The van der Waals surface area contributed by atoms with Gasteiger partial charge < -0.3 is 10.2 Å². The monoisotopic (exact) mass is 274 g/mol. The molecule has 0 aliphatic heterocycles. The Morgan fingerprint density at radius 1 is 1.20 bits per heavy atom. The molecule has 2 aliphatic rings. The van der Waals surface area contributed by atoms with Crippen molar-refractivity contribution < 1.29 is 0 Å². The van der Waals surface area contributed by atoms with Gasteiger partial charge in [-0.1, -0.05) is 13.3 Å². The zero-order valence-corrected chi connectivity index (χ0v) is 12.7. The third-order valence-corrected chi connectivity index (χ3v) is 4.06. The first-order valence-corrected chi connectivity index (χ1v) is 8.21. The zero-order chi connectivity index (χ0) is 13.9. The Balaban J connectivity index is 1.84. The summed E-state index contributed by atoms with van der Waals surface area (Å²) in [6, 6.07) is 2.86. The smallest absolute Gasteiger partial charge is 0.136 e. The van der Waals surface area contributed by atoms with Gasteiger partial charge in [0.05, 0.1) is 0 Å². The number of nitrogens with zero attached hydrogens (tertiary/aromatic N) is 3. The van der Waals surface area contributed by atoms with Crippen LogP contribution in [0, 0.1) is 0 Å². The van der Waals surface area contributed by atoms with Crippen LogP contribution in [0.5, 0.6) is 0 Å². The lowest BCUT2D eigenvalue weighted by Crippen LogP contribution is -2.28. The molecule has 3 rings (SSSR count). The Morgan fingerprint density at radius 3 is 2.60 bits per heavy atom. The van der Waals surface area contributed by atoms with E-state index in [9.17, 15) is 0 Å². The second-order valence-corrected chi connectivity index (χ2v) is 6.05. The van der Waals surface area contributed by atoms with E-state index in [1.807, 2.05) is 0 Å². The first kappa shape index (κ1) is 13.7. The van der Waals surface area contributed by atoms with E-state index in [2.05, 4.69) is 35.1 Å². The maximum atomic E-state index is 4.87. The molecule has 1 N–H and O–H groups in total. The summed E-state index contributed by atoms with van der Waals surface area (Å²) in [6.45, 7) is 6.42. The topological polar surface area (TPSA) is 41.0 Å². The number of anilines is 2. The van der Waals surface area contributed by atoms with Gasteiger partial charge in [-0.25, -0.2) is 9.97 Å². The van der Waals surface area contributed by atoms with E-state index in [0.29, 0.717) is 5.92 Å². The van der Waals surface area contributed by atoms with Gasteiger partial charge in [-0.15, -0.1) is 0 Å². The van der Waals surface area contributed by atoms with E-state index < -0.39 is 0 Å². The SMILES string of the molecule is CCCCN(c1cc(NCC)nc(C2CC2)n1)C1CC1. The van der Waals surface area contributed by atoms with Gasteiger partial charge in [0.2, 0.25) is 0 Å². The molecule has 0 bridgehead atoms. The molecule has 4 heteroatoms. The second kappa shape index (κ2) is 5.98. The molecule has 110 valence electrons. The van der Waals surface area contributed by atoms with Crippen molar-refractivity contribution in [2.75, 3.05) is 23.3 Å². The minimum atomic E-state index is 0.611. The van der Waals surface area contributed by atoms with E-state index in [-0.39, 0.29) is 0 Å². The van der Waals surface area contributed by atoms with Crippen LogP contribution in [0.15, 0.2) is 6.07 Å². The van der Waals surface area contributed by atoms with Gasteiger partial charge in [0, 0.05) is 31.1 Å². The van der Waals surface area contributed by atoms with Gasteiger partial charge in [-0.05, 0) is 39.0 Å². The molecule has 1 aromatic rings. The van der Waals surface area contributed by atoms with Gasteiger partial charge in [-0.3, -0.25) is 0 Å². The van der Waals surface area contributed by atoms with Crippen molar-refractivity contribution in [2.45, 2.75) is 64.3 Å². The summed E-state index contributed by atoms with van der Waals surface area (Å²) in [5.74, 6) is 3.82. The number of hydrogen-bond acceptors (Lipinski definition) is 4. The molecule has 2 fully saturated rings. The van der Waals surface area contributed by atoms with Gasteiger partial charge in [0.25, 0.3) is 0 Å². The van der Waals surface area contributed by atoms with E-state index in [4.69, 9.17) is 4.98 Å². The molecular formula is C16H26N4. The van der Waals surface area contributed by atoms with E-state index in [1.54, 1.807) is 0 Å². The highest BCUT2D eigenvalue weighted by atomic mass is 15.2. The van der Waals surface area contributed by atoms with Crippen molar-refractivity contribution >= 4 is 11.6 Å². The van der Waals surface area contributed by atoms with E-state index in [0.717, 1.165) is 36.6 Å². The van der Waals surface area contributed by atoms with Crippen LogP contribution in [0.3, 0.4) is 0 Å². The Hall–Kier alpha value is -1.32. The molecule has 20 heavy (non-hydrogen) atoms. The summed E-state index contributed by atoms with van der Waals surface area (Å²) >= 11 is 0. The predicted octanol–water partition coefficient (Wildman–Crippen LogP) is 3.55. The molecule has 0 radical (unpaired) electrons. The number of aromatic nitrogens is 2. The molecule has 0 aromatic carbocycles. The fraction of sp³-hybridized carbons (Fsp3) is 0.750. The average Bonchev–Trinajstić information content (AvgIpc) is 3.31. The molecule has 4 nitrogen and oxygen atoms in total. The Kier molecular flexibility index (Phi) is 4.08. The van der Waals surface area contributed by atoms with Crippen molar-refractivity contribution in [1.29, 1.82) is 0 Å². The fourth-order valence-electron chi connectivity index (χ4n) is 2.59. The van der Waals surface area contributed by atoms with Crippen LogP contribution in [-0.2, 0) is 0 Å². The summed E-state index contributed by atoms with van der Waals surface area (Å²) in [7, 11) is 0. The fourth-order valence-corrected chi connectivity index (χ4v) is 2.59. The lowest BCUT2D eigenvalue weighted by molar-refractivity contribution is 0.700. The lowest BCUT2D eigenvalue weighted by Gasteiger charge is -2.24. The highest BCUT2D eigenvalue weighted by molar-refractivity contribution is 5.51. The molecule has 1 aromatic heterocycles. The standard InChI is InChI=1S/C16H26N4/c1-3-5-10-20(13-8-9-13)15-11-14(17-4-2)18-16(19-15)12-6-7-12/h11-13H,3-10H2,1-2H3,(H,17,18,19). The second-order valence-electron chi connectivity index (χ2n) is 6.05. The minimum Gasteiger partial charge on any atom is -0.370 e. The van der Waals surface area contributed by atoms with Gasteiger partial charge >= 0.3 is 0 Å². The minimum absolute atomic E-state index is 0.611. The van der Waals surface area contributed by atoms with Crippen LogP contribution in [-0.4, -0.2) is 29.1 Å². The van der Waals surface area contributed by atoms with Crippen LogP contribution >= 0.6 is 0 Å². The molecule has 1 heterocycles. The van der Waals surface area contributed by atoms with Gasteiger partial charge in [-0.2, -0.15) is 0 Å². The van der Waals surface area contributed by atoms with Crippen LogP contribution in [0.2, 0.25) is 0 Å². The van der Waals surface area contributed by atoms with Crippen LogP contribution in [0.4, 0.5) is 11.6 Å². The quantitative estimate of drug-likeness (QED) is 0.787. The molecule has 0 spiro atoms. The Bertz CT molecular complexity index is 452. The third-order valence-electron chi connectivity index (χ3n) is 4.06. The summed E-state index contributed by atoms with van der Waals surface area (Å²) < 4.78 is 0. The molecule has 2 saturated carbocycles. The van der Waals surface area contributed by atoms with Gasteiger partial charge in [0.15, 0.2) is 0 Å². The predicted molar refractivity (Wildman–Crippen MR) is 83.4 cm³/mol. The molecule has 0 amide bonds. The first-order valence-electron chi connectivity index (χ1n) is 8.21. The Labute approximate surface area is 122 Å². The maximum absolute atomic E-state index is 4.87. The van der Waals surface area contributed by atoms with Crippen molar-refractivity contribution in [1.82, 2.24) is 9.97 Å². The summed E-state index contributed by atoms with van der Waals surface area (Å²) in [5, 5.41) is 3.36. The molecule has 0 saturated heterocycles. The van der Waals surface area contributed by atoms with Crippen molar-refractivity contribution in [3.05, 3.63) is 11.9 Å².